The summed E-state index contributed by atoms with van der Waals surface area (Å²) in [6.45, 7) is 5.58. The first-order valence-corrected chi connectivity index (χ1v) is 10.5. The van der Waals surface area contributed by atoms with E-state index in [1.807, 2.05) is 47.7 Å². The highest BCUT2D eigenvalue weighted by Crippen LogP contribution is 2.19. The topological polar surface area (TPSA) is 76.5 Å². The second-order valence-electron chi connectivity index (χ2n) is 7.74. The van der Waals surface area contributed by atoms with Crippen LogP contribution in [0, 0.1) is 13.8 Å². The van der Waals surface area contributed by atoms with Crippen molar-refractivity contribution in [1.29, 1.82) is 0 Å². The Hall–Kier alpha value is -3.61. The molecule has 3 aromatic rings. The van der Waals surface area contributed by atoms with Crippen molar-refractivity contribution in [3.63, 3.8) is 0 Å². The van der Waals surface area contributed by atoms with Crippen molar-refractivity contribution in [2.24, 2.45) is 0 Å². The van der Waals surface area contributed by atoms with Gasteiger partial charge < -0.3 is 15.0 Å². The van der Waals surface area contributed by atoms with Gasteiger partial charge in [0.2, 0.25) is 0 Å². The van der Waals surface area contributed by atoms with Crippen molar-refractivity contribution in [3.8, 4) is 11.4 Å². The maximum atomic E-state index is 12.7. The van der Waals surface area contributed by atoms with Gasteiger partial charge in [-0.1, -0.05) is 6.07 Å². The minimum absolute atomic E-state index is 0.0115. The molecule has 2 aromatic carbocycles. The highest BCUT2D eigenvalue weighted by molar-refractivity contribution is 6.04. The smallest absolute Gasteiger partial charge is 0.260 e. The maximum absolute atomic E-state index is 12.7. The summed E-state index contributed by atoms with van der Waals surface area (Å²) in [6.07, 6.45) is 2.12. The van der Waals surface area contributed by atoms with Crippen LogP contribution in [-0.4, -0.2) is 46.2 Å². The van der Waals surface area contributed by atoms with Crippen molar-refractivity contribution in [1.82, 2.24) is 14.7 Å². The number of hydrogen-bond donors (Lipinski definition) is 1. The summed E-state index contributed by atoms with van der Waals surface area (Å²) in [6, 6.07) is 16.4. The first-order valence-electron chi connectivity index (χ1n) is 10.5. The molecular weight excluding hydrogens is 392 g/mol. The molecule has 0 atom stereocenters. The third kappa shape index (κ3) is 4.94. The van der Waals surface area contributed by atoms with Gasteiger partial charge in [-0.15, -0.1) is 0 Å². The van der Waals surface area contributed by atoms with E-state index in [1.165, 1.54) is 0 Å². The second-order valence-corrected chi connectivity index (χ2v) is 7.74. The zero-order valence-electron chi connectivity index (χ0n) is 17.8. The number of aromatic nitrogens is 2. The average molecular weight is 418 g/mol. The summed E-state index contributed by atoms with van der Waals surface area (Å²) < 4.78 is 7.41. The molecular formula is C24H26N4O3. The van der Waals surface area contributed by atoms with Crippen LogP contribution in [0.5, 0.6) is 5.75 Å². The van der Waals surface area contributed by atoms with Gasteiger partial charge in [-0.2, -0.15) is 5.10 Å². The molecule has 0 unspecified atom stereocenters. The molecule has 2 heterocycles. The minimum Gasteiger partial charge on any atom is -0.484 e. The van der Waals surface area contributed by atoms with Crippen LogP contribution in [0.25, 0.3) is 5.69 Å². The Morgan fingerprint density at radius 3 is 2.45 bits per heavy atom. The number of carbonyl (C=O) groups is 2. The van der Waals surface area contributed by atoms with E-state index in [0.717, 1.165) is 43.0 Å². The molecule has 7 nitrogen and oxygen atoms in total. The molecule has 160 valence electrons. The molecule has 2 amide bonds. The minimum atomic E-state index is -0.207. The van der Waals surface area contributed by atoms with Gasteiger partial charge in [0, 0.05) is 30.0 Å². The van der Waals surface area contributed by atoms with Crippen LogP contribution in [-0.2, 0) is 4.79 Å². The first kappa shape index (κ1) is 20.7. The van der Waals surface area contributed by atoms with Gasteiger partial charge in [0.25, 0.3) is 11.8 Å². The first-order chi connectivity index (χ1) is 15.0. The van der Waals surface area contributed by atoms with Crippen LogP contribution in [0.2, 0.25) is 0 Å². The molecule has 1 aliphatic heterocycles. The predicted molar refractivity (Wildman–Crippen MR) is 119 cm³/mol. The highest BCUT2D eigenvalue weighted by Gasteiger charge is 2.18. The number of nitrogens with zero attached hydrogens (tertiary/aromatic N) is 3. The number of carbonyl (C=O) groups excluding carboxylic acids is 2. The van der Waals surface area contributed by atoms with Crippen LogP contribution in [0.1, 0.15) is 34.6 Å². The maximum Gasteiger partial charge on any atom is 0.260 e. The molecule has 7 heteroatoms. The summed E-state index contributed by atoms with van der Waals surface area (Å²) in [5, 5.41) is 7.37. The van der Waals surface area contributed by atoms with Crippen molar-refractivity contribution in [2.45, 2.75) is 26.7 Å². The lowest BCUT2D eigenvalue weighted by atomic mass is 10.1. The zero-order chi connectivity index (χ0) is 21.8. The lowest BCUT2D eigenvalue weighted by Gasteiger charge is -2.15. The Kier molecular flexibility index (Phi) is 6.02. The van der Waals surface area contributed by atoms with Gasteiger partial charge in [0.15, 0.2) is 6.61 Å². The number of aryl methyl sites for hydroxylation is 2. The van der Waals surface area contributed by atoms with Crippen molar-refractivity contribution in [2.75, 3.05) is 25.0 Å². The van der Waals surface area contributed by atoms with E-state index < -0.39 is 0 Å². The number of benzene rings is 2. The van der Waals surface area contributed by atoms with Crippen LogP contribution >= 0.6 is 0 Å². The summed E-state index contributed by atoms with van der Waals surface area (Å²) in [5.41, 5.74) is 3.97. The third-order valence-corrected chi connectivity index (χ3v) is 5.30. The summed E-state index contributed by atoms with van der Waals surface area (Å²) in [7, 11) is 0. The molecule has 1 fully saturated rings. The van der Waals surface area contributed by atoms with Gasteiger partial charge in [-0.05, 0) is 75.2 Å². The predicted octanol–water partition coefficient (Wildman–Crippen LogP) is 3.74. The standard InChI is InChI=1S/C24H26N4O3/c1-17-14-18(2)28(26-17)21-7-5-6-19(15-21)24(30)25-20-8-10-22(11-9-20)31-16-23(29)27-12-3-4-13-27/h5-11,14-15H,3-4,12-13,16H2,1-2H3,(H,25,30). The number of anilines is 1. The highest BCUT2D eigenvalue weighted by atomic mass is 16.5. The second kappa shape index (κ2) is 9.04. The van der Waals surface area contributed by atoms with E-state index in [0.29, 0.717) is 17.0 Å². The van der Waals surface area contributed by atoms with E-state index in [1.54, 1.807) is 30.3 Å². The Morgan fingerprint density at radius 2 is 1.77 bits per heavy atom. The average Bonchev–Trinajstić information content (AvgIpc) is 3.43. The van der Waals surface area contributed by atoms with E-state index in [-0.39, 0.29) is 18.4 Å². The lowest BCUT2D eigenvalue weighted by molar-refractivity contribution is -0.132. The largest absolute Gasteiger partial charge is 0.484 e. The van der Waals surface area contributed by atoms with Crippen LogP contribution < -0.4 is 10.1 Å². The fraction of sp³-hybridized carbons (Fsp3) is 0.292. The van der Waals surface area contributed by atoms with Crippen molar-refractivity contribution < 1.29 is 14.3 Å². The van der Waals surface area contributed by atoms with Crippen LogP contribution in [0.4, 0.5) is 5.69 Å². The Balaban J connectivity index is 1.37. The number of hydrogen-bond acceptors (Lipinski definition) is 4. The Morgan fingerprint density at radius 1 is 1.03 bits per heavy atom. The van der Waals surface area contributed by atoms with Crippen LogP contribution in [0.15, 0.2) is 54.6 Å². The monoisotopic (exact) mass is 418 g/mol. The lowest BCUT2D eigenvalue weighted by Crippen LogP contribution is -2.32. The number of nitrogens with one attached hydrogen (secondary N) is 1. The van der Waals surface area contributed by atoms with E-state index in [4.69, 9.17) is 4.74 Å². The Bertz CT molecular complexity index is 1080. The van der Waals surface area contributed by atoms with Crippen molar-refractivity contribution >= 4 is 17.5 Å². The van der Waals surface area contributed by atoms with E-state index >= 15 is 0 Å². The fourth-order valence-electron chi connectivity index (χ4n) is 3.71. The quantitative estimate of drug-likeness (QED) is 0.662. The molecule has 0 bridgehead atoms. The molecule has 1 saturated heterocycles. The third-order valence-electron chi connectivity index (χ3n) is 5.30. The number of ether oxygens (including phenoxy) is 1. The molecule has 0 saturated carbocycles. The molecule has 1 aliphatic rings. The molecule has 1 aromatic heterocycles. The molecule has 0 aliphatic carbocycles. The zero-order valence-corrected chi connectivity index (χ0v) is 17.8. The van der Waals surface area contributed by atoms with Gasteiger partial charge >= 0.3 is 0 Å². The summed E-state index contributed by atoms with van der Waals surface area (Å²) >= 11 is 0. The SMILES string of the molecule is Cc1cc(C)n(-c2cccc(C(=O)Nc3ccc(OCC(=O)N4CCCC4)cc3)c2)n1. The van der Waals surface area contributed by atoms with E-state index in [9.17, 15) is 9.59 Å². The normalized spacial score (nSPS) is 13.3. The van der Waals surface area contributed by atoms with Gasteiger partial charge in [-0.3, -0.25) is 9.59 Å². The van der Waals surface area contributed by atoms with Gasteiger partial charge in [0.05, 0.1) is 11.4 Å². The summed E-state index contributed by atoms with van der Waals surface area (Å²) in [5.74, 6) is 0.399. The van der Waals surface area contributed by atoms with Crippen molar-refractivity contribution in [3.05, 3.63) is 71.5 Å². The number of likely N-dealkylation sites (tertiary alicyclic amines) is 1. The summed E-state index contributed by atoms with van der Waals surface area (Å²) in [4.78, 5) is 26.6. The number of rotatable bonds is 6. The molecule has 31 heavy (non-hydrogen) atoms. The molecule has 0 radical (unpaired) electrons. The Labute approximate surface area is 181 Å². The van der Waals surface area contributed by atoms with Crippen LogP contribution in [0.3, 0.4) is 0 Å². The number of amides is 2. The van der Waals surface area contributed by atoms with E-state index in [2.05, 4.69) is 10.4 Å². The van der Waals surface area contributed by atoms with Gasteiger partial charge in [-0.25, -0.2) is 4.68 Å². The molecule has 1 N–H and O–H groups in total. The molecule has 0 spiro atoms. The molecule has 4 rings (SSSR count). The fourth-order valence-corrected chi connectivity index (χ4v) is 3.71. The van der Waals surface area contributed by atoms with Gasteiger partial charge in [0.1, 0.15) is 5.75 Å².